The number of halogens is 4. The van der Waals surface area contributed by atoms with Gasteiger partial charge in [0.25, 0.3) is 0 Å². The van der Waals surface area contributed by atoms with Crippen molar-refractivity contribution in [3.05, 3.63) is 41.0 Å². The number of nitrogens with zero attached hydrogens (tertiary/aromatic N) is 3. The van der Waals surface area contributed by atoms with Crippen molar-refractivity contribution in [3.8, 4) is 5.88 Å². The smallest absolute Gasteiger partial charge is 0.423 e. The average molecular weight is 386 g/mol. The third kappa shape index (κ3) is 4.03. The van der Waals surface area contributed by atoms with E-state index in [0.29, 0.717) is 17.3 Å². The van der Waals surface area contributed by atoms with Gasteiger partial charge in [-0.1, -0.05) is 23.7 Å². The van der Waals surface area contributed by atoms with E-state index in [0.717, 1.165) is 31.9 Å². The topological polar surface area (TPSA) is 38.2 Å². The van der Waals surface area contributed by atoms with Crippen LogP contribution in [0.25, 0.3) is 0 Å². The summed E-state index contributed by atoms with van der Waals surface area (Å²) in [5.74, 6) is -0.290. The highest BCUT2D eigenvalue weighted by Crippen LogP contribution is 2.38. The summed E-state index contributed by atoms with van der Waals surface area (Å²) in [6, 6.07) is 7.05. The van der Waals surface area contributed by atoms with Gasteiger partial charge in [-0.15, -0.1) is 0 Å². The van der Waals surface area contributed by atoms with E-state index in [4.69, 9.17) is 16.3 Å². The van der Waals surface area contributed by atoms with E-state index in [1.165, 1.54) is 0 Å². The fourth-order valence-corrected chi connectivity index (χ4v) is 3.26. The fourth-order valence-electron chi connectivity index (χ4n) is 3.03. The minimum absolute atomic E-state index is 0.126. The molecule has 2 aromatic rings. The van der Waals surface area contributed by atoms with Gasteiger partial charge in [0.05, 0.1) is 10.7 Å². The maximum Gasteiger partial charge on any atom is 0.423 e. The number of hydrogen-bond acceptors (Lipinski definition) is 4. The normalized spacial score (nSPS) is 15.3. The highest BCUT2D eigenvalue weighted by atomic mass is 35.5. The summed E-state index contributed by atoms with van der Waals surface area (Å²) >= 11 is 6.22. The summed E-state index contributed by atoms with van der Waals surface area (Å²) in [5, 5.41) is 0.469. The lowest BCUT2D eigenvalue weighted by Crippen LogP contribution is -2.22. The van der Waals surface area contributed by atoms with E-state index in [1.54, 1.807) is 29.2 Å². The molecule has 1 aromatic carbocycles. The van der Waals surface area contributed by atoms with E-state index < -0.39 is 17.6 Å². The molecule has 0 spiro atoms. The molecule has 0 amide bonds. The van der Waals surface area contributed by atoms with E-state index in [9.17, 15) is 13.2 Å². The Hall–Kier alpha value is -2.02. The Labute approximate surface area is 155 Å². The van der Waals surface area contributed by atoms with Crippen LogP contribution in [0.2, 0.25) is 5.02 Å². The standard InChI is InChI=1S/C18H19ClF3N3O/c1-2-25(15-10-6-5-9-14(15)19)17-23-11-13(18(20,21)22)16(24-17)26-12-7-3-4-8-12/h5-6,9-12H,2-4,7-8H2,1H3. The van der Waals surface area contributed by atoms with Crippen molar-refractivity contribution < 1.29 is 17.9 Å². The zero-order chi connectivity index (χ0) is 18.7. The van der Waals surface area contributed by atoms with Crippen LogP contribution in [0.3, 0.4) is 0 Å². The van der Waals surface area contributed by atoms with Crippen molar-refractivity contribution in [2.24, 2.45) is 0 Å². The number of anilines is 2. The lowest BCUT2D eigenvalue weighted by atomic mass is 10.2. The zero-order valence-corrected chi connectivity index (χ0v) is 15.0. The Morgan fingerprint density at radius 2 is 1.92 bits per heavy atom. The number of ether oxygens (including phenoxy) is 1. The van der Waals surface area contributed by atoms with Crippen LogP contribution < -0.4 is 9.64 Å². The first kappa shape index (κ1) is 18.8. The molecule has 4 nitrogen and oxygen atoms in total. The van der Waals surface area contributed by atoms with Gasteiger partial charge in [0.2, 0.25) is 11.8 Å². The molecule has 0 N–H and O–H groups in total. The predicted molar refractivity (Wildman–Crippen MR) is 94.1 cm³/mol. The quantitative estimate of drug-likeness (QED) is 0.668. The maximum absolute atomic E-state index is 13.3. The van der Waals surface area contributed by atoms with Gasteiger partial charge in [-0.05, 0) is 44.7 Å². The molecule has 1 fully saturated rings. The summed E-state index contributed by atoms with van der Waals surface area (Å²) in [6.07, 6.45) is -0.665. The number of hydrogen-bond donors (Lipinski definition) is 0. The first-order valence-corrected chi connectivity index (χ1v) is 8.91. The second kappa shape index (κ2) is 7.70. The molecule has 8 heteroatoms. The number of aromatic nitrogens is 2. The Morgan fingerprint density at radius 3 is 2.54 bits per heavy atom. The molecule has 26 heavy (non-hydrogen) atoms. The first-order chi connectivity index (χ1) is 12.4. The van der Waals surface area contributed by atoms with Gasteiger partial charge in [0, 0.05) is 12.7 Å². The third-order valence-electron chi connectivity index (χ3n) is 4.33. The molecular formula is C18H19ClF3N3O. The van der Waals surface area contributed by atoms with E-state index in [2.05, 4.69) is 9.97 Å². The van der Waals surface area contributed by atoms with Crippen LogP contribution in [-0.4, -0.2) is 22.6 Å². The molecule has 1 aromatic heterocycles. The lowest BCUT2D eigenvalue weighted by Gasteiger charge is -2.24. The van der Waals surface area contributed by atoms with Crippen LogP contribution >= 0.6 is 11.6 Å². The molecular weight excluding hydrogens is 367 g/mol. The van der Waals surface area contributed by atoms with Gasteiger partial charge in [0.1, 0.15) is 11.7 Å². The third-order valence-corrected chi connectivity index (χ3v) is 4.65. The van der Waals surface area contributed by atoms with Gasteiger partial charge in [-0.25, -0.2) is 4.98 Å². The van der Waals surface area contributed by atoms with Crippen LogP contribution in [0.15, 0.2) is 30.5 Å². The Kier molecular flexibility index (Phi) is 5.55. The van der Waals surface area contributed by atoms with Gasteiger partial charge >= 0.3 is 6.18 Å². The van der Waals surface area contributed by atoms with Gasteiger partial charge in [-0.3, -0.25) is 0 Å². The lowest BCUT2D eigenvalue weighted by molar-refractivity contribution is -0.139. The Morgan fingerprint density at radius 1 is 1.23 bits per heavy atom. The molecule has 1 heterocycles. The van der Waals surface area contributed by atoms with Crippen molar-refractivity contribution in [2.45, 2.75) is 44.9 Å². The molecule has 0 unspecified atom stereocenters. The van der Waals surface area contributed by atoms with Crippen molar-refractivity contribution >= 4 is 23.2 Å². The molecule has 0 atom stereocenters. The van der Waals surface area contributed by atoms with E-state index in [-0.39, 0.29) is 12.1 Å². The Bertz CT molecular complexity index is 764. The maximum atomic E-state index is 13.3. The van der Waals surface area contributed by atoms with Crippen LogP contribution in [0.4, 0.5) is 24.8 Å². The second-order valence-corrected chi connectivity index (χ2v) is 6.51. The molecule has 1 aliphatic carbocycles. The first-order valence-electron chi connectivity index (χ1n) is 8.53. The Balaban J connectivity index is 2.00. The molecule has 0 radical (unpaired) electrons. The van der Waals surface area contributed by atoms with E-state index >= 15 is 0 Å². The average Bonchev–Trinajstić information content (AvgIpc) is 3.09. The molecule has 0 bridgehead atoms. The number of para-hydroxylation sites is 1. The molecule has 1 aliphatic rings. The SMILES string of the molecule is CCN(c1ncc(C(F)(F)F)c(OC2CCCC2)n1)c1ccccc1Cl. The zero-order valence-electron chi connectivity index (χ0n) is 14.3. The van der Waals surface area contributed by atoms with Gasteiger partial charge in [-0.2, -0.15) is 18.2 Å². The van der Waals surface area contributed by atoms with Crippen molar-refractivity contribution in [3.63, 3.8) is 0 Å². The fraction of sp³-hybridized carbons (Fsp3) is 0.444. The summed E-state index contributed by atoms with van der Waals surface area (Å²) in [4.78, 5) is 9.69. The minimum atomic E-state index is -4.58. The predicted octanol–water partition coefficient (Wildman–Crippen LogP) is 5.63. The molecule has 140 valence electrons. The second-order valence-electron chi connectivity index (χ2n) is 6.11. The molecule has 0 saturated heterocycles. The number of benzene rings is 1. The monoisotopic (exact) mass is 385 g/mol. The number of rotatable bonds is 5. The molecule has 0 aliphatic heterocycles. The minimum Gasteiger partial charge on any atom is -0.474 e. The van der Waals surface area contributed by atoms with E-state index in [1.807, 2.05) is 6.92 Å². The summed E-state index contributed by atoms with van der Waals surface area (Å²) < 4.78 is 45.6. The largest absolute Gasteiger partial charge is 0.474 e. The summed E-state index contributed by atoms with van der Waals surface area (Å²) in [6.45, 7) is 2.29. The van der Waals surface area contributed by atoms with Gasteiger partial charge < -0.3 is 9.64 Å². The highest BCUT2D eigenvalue weighted by Gasteiger charge is 2.37. The van der Waals surface area contributed by atoms with Crippen molar-refractivity contribution in [1.29, 1.82) is 0 Å². The van der Waals surface area contributed by atoms with Crippen molar-refractivity contribution in [2.75, 3.05) is 11.4 Å². The summed E-state index contributed by atoms with van der Waals surface area (Å²) in [5.41, 5.74) is -0.327. The van der Waals surface area contributed by atoms with Crippen LogP contribution in [0, 0.1) is 0 Å². The van der Waals surface area contributed by atoms with Gasteiger partial charge in [0.15, 0.2) is 0 Å². The molecule has 3 rings (SSSR count). The van der Waals surface area contributed by atoms with Crippen LogP contribution in [0.1, 0.15) is 38.2 Å². The van der Waals surface area contributed by atoms with Crippen LogP contribution in [-0.2, 0) is 6.18 Å². The molecule has 1 saturated carbocycles. The number of alkyl halides is 3. The highest BCUT2D eigenvalue weighted by molar-refractivity contribution is 6.33. The van der Waals surface area contributed by atoms with Crippen molar-refractivity contribution in [1.82, 2.24) is 9.97 Å². The van der Waals surface area contributed by atoms with Crippen LogP contribution in [0.5, 0.6) is 5.88 Å². The summed E-state index contributed by atoms with van der Waals surface area (Å²) in [7, 11) is 0.